The first-order chi connectivity index (χ1) is 14.4. The molecule has 34 heavy (non-hydrogen) atoms. The standard InChI is InChI=1S/C22H29BrN6O.4ClH/c1-14-11-16(23)12-19-21(14)27-22(26-17-5-8-28(9-6-17)10-7-24)29(19)13-18-20(30)4-3-15(2)25-18;;;;/h3-4,11-12,17,30H,5-10,13,24H2,1-2H3,(H,26,27);4*1H. The maximum Gasteiger partial charge on any atom is 0.204 e. The van der Waals surface area contributed by atoms with E-state index < -0.39 is 0 Å². The summed E-state index contributed by atoms with van der Waals surface area (Å²) in [4.78, 5) is 11.9. The molecule has 4 N–H and O–H groups in total. The molecular weight excluding hydrogens is 586 g/mol. The largest absolute Gasteiger partial charge is 0.506 e. The van der Waals surface area contributed by atoms with Crippen LogP contribution in [0.4, 0.5) is 5.95 Å². The maximum atomic E-state index is 10.4. The van der Waals surface area contributed by atoms with Gasteiger partial charge in [0.2, 0.25) is 5.95 Å². The van der Waals surface area contributed by atoms with Crippen molar-refractivity contribution < 1.29 is 5.11 Å². The first-order valence-electron chi connectivity index (χ1n) is 10.5. The highest BCUT2D eigenvalue weighted by Crippen LogP contribution is 2.30. The molecule has 1 saturated heterocycles. The summed E-state index contributed by atoms with van der Waals surface area (Å²) in [5, 5.41) is 14.0. The topological polar surface area (TPSA) is 92.2 Å². The number of anilines is 1. The minimum absolute atomic E-state index is 0. The second-order valence-corrected chi connectivity index (χ2v) is 9.00. The van der Waals surface area contributed by atoms with E-state index in [1.54, 1.807) is 6.07 Å². The van der Waals surface area contributed by atoms with Gasteiger partial charge in [-0.3, -0.25) is 4.98 Å². The zero-order valence-corrected chi connectivity index (χ0v) is 24.0. The molecule has 0 bridgehead atoms. The number of nitrogens with one attached hydrogen (secondary N) is 1. The molecule has 2 aromatic heterocycles. The molecule has 1 aliphatic heterocycles. The van der Waals surface area contributed by atoms with Crippen molar-refractivity contribution in [3.05, 3.63) is 45.7 Å². The van der Waals surface area contributed by atoms with E-state index in [4.69, 9.17) is 10.7 Å². The first kappa shape index (κ1) is 33.0. The summed E-state index contributed by atoms with van der Waals surface area (Å²) in [7, 11) is 0. The fourth-order valence-electron chi connectivity index (χ4n) is 4.15. The summed E-state index contributed by atoms with van der Waals surface area (Å²) in [5.74, 6) is 1.03. The number of likely N-dealkylation sites (tertiary alicyclic amines) is 1. The van der Waals surface area contributed by atoms with Crippen molar-refractivity contribution in [1.82, 2.24) is 19.4 Å². The van der Waals surface area contributed by atoms with Crippen LogP contribution in [0.1, 0.15) is 29.8 Å². The third-order valence-electron chi connectivity index (χ3n) is 5.77. The Hall–Kier alpha value is -1.000. The second kappa shape index (κ2) is 14.5. The normalized spacial score (nSPS) is 13.9. The molecule has 4 rings (SSSR count). The summed E-state index contributed by atoms with van der Waals surface area (Å²) >= 11 is 3.62. The molecule has 0 amide bonds. The van der Waals surface area contributed by atoms with Crippen molar-refractivity contribution in [3.63, 3.8) is 0 Å². The van der Waals surface area contributed by atoms with Crippen molar-refractivity contribution >= 4 is 82.5 Å². The van der Waals surface area contributed by atoms with Crippen molar-refractivity contribution in [2.24, 2.45) is 5.73 Å². The van der Waals surface area contributed by atoms with Gasteiger partial charge in [-0.25, -0.2) is 4.98 Å². The molecule has 0 radical (unpaired) electrons. The smallest absolute Gasteiger partial charge is 0.204 e. The first-order valence-corrected chi connectivity index (χ1v) is 11.2. The number of nitrogens with two attached hydrogens (primary N) is 1. The number of halogens is 5. The van der Waals surface area contributed by atoms with Crippen LogP contribution < -0.4 is 11.1 Å². The fraction of sp³-hybridized carbons (Fsp3) is 0.455. The Morgan fingerprint density at radius 2 is 1.76 bits per heavy atom. The molecule has 0 unspecified atom stereocenters. The summed E-state index contributed by atoms with van der Waals surface area (Å²) in [6, 6.07) is 8.05. The zero-order chi connectivity index (χ0) is 21.3. The number of piperidine rings is 1. The van der Waals surface area contributed by atoms with E-state index in [0.717, 1.165) is 65.2 Å². The highest BCUT2D eigenvalue weighted by atomic mass is 79.9. The van der Waals surface area contributed by atoms with E-state index in [2.05, 4.69) is 54.8 Å². The molecule has 3 heterocycles. The quantitative estimate of drug-likeness (QED) is 0.357. The van der Waals surface area contributed by atoms with Gasteiger partial charge in [-0.2, -0.15) is 0 Å². The molecule has 7 nitrogen and oxygen atoms in total. The lowest BCUT2D eigenvalue weighted by molar-refractivity contribution is 0.224. The predicted octanol–water partition coefficient (Wildman–Crippen LogP) is 5.09. The van der Waals surface area contributed by atoms with Crippen molar-refractivity contribution in [2.45, 2.75) is 39.3 Å². The Morgan fingerprint density at radius 1 is 1.09 bits per heavy atom. The van der Waals surface area contributed by atoms with Crippen LogP contribution in [0.25, 0.3) is 11.0 Å². The van der Waals surface area contributed by atoms with Crippen LogP contribution in [0.3, 0.4) is 0 Å². The average molecular weight is 619 g/mol. The molecule has 0 saturated carbocycles. The van der Waals surface area contributed by atoms with Gasteiger partial charge in [-0.05, 0) is 56.5 Å². The fourth-order valence-corrected chi connectivity index (χ4v) is 4.72. The Morgan fingerprint density at radius 3 is 2.41 bits per heavy atom. The average Bonchev–Trinajstić information content (AvgIpc) is 3.04. The van der Waals surface area contributed by atoms with Crippen molar-refractivity contribution in [2.75, 3.05) is 31.5 Å². The van der Waals surface area contributed by atoms with Crippen molar-refractivity contribution in [1.29, 1.82) is 0 Å². The van der Waals surface area contributed by atoms with Crippen LogP contribution in [0, 0.1) is 13.8 Å². The van der Waals surface area contributed by atoms with E-state index in [9.17, 15) is 5.11 Å². The van der Waals surface area contributed by atoms with E-state index in [-0.39, 0.29) is 55.4 Å². The van der Waals surface area contributed by atoms with Crippen LogP contribution >= 0.6 is 65.6 Å². The number of hydrogen-bond acceptors (Lipinski definition) is 6. The number of imidazole rings is 1. The summed E-state index contributed by atoms with van der Waals surface area (Å²) < 4.78 is 3.14. The van der Waals surface area contributed by atoms with Gasteiger partial charge in [-0.15, -0.1) is 49.6 Å². The predicted molar refractivity (Wildman–Crippen MR) is 153 cm³/mol. The number of aromatic hydroxyl groups is 1. The molecule has 1 aromatic carbocycles. The zero-order valence-electron chi connectivity index (χ0n) is 19.2. The number of pyridine rings is 1. The molecule has 0 atom stereocenters. The Bertz CT molecular complexity index is 1060. The van der Waals surface area contributed by atoms with Gasteiger partial charge in [0.05, 0.1) is 17.6 Å². The lowest BCUT2D eigenvalue weighted by Crippen LogP contribution is -2.41. The van der Waals surface area contributed by atoms with Gasteiger partial charge in [-0.1, -0.05) is 15.9 Å². The van der Waals surface area contributed by atoms with Gasteiger partial charge in [0.15, 0.2) is 0 Å². The number of nitrogens with zero attached hydrogens (tertiary/aromatic N) is 4. The Labute approximate surface area is 234 Å². The number of aromatic nitrogens is 3. The van der Waals surface area contributed by atoms with Gasteiger partial charge in [0, 0.05) is 42.4 Å². The van der Waals surface area contributed by atoms with Gasteiger partial charge in [0.25, 0.3) is 0 Å². The summed E-state index contributed by atoms with van der Waals surface area (Å²) in [6.45, 7) is 8.20. The highest BCUT2D eigenvalue weighted by molar-refractivity contribution is 9.10. The lowest BCUT2D eigenvalue weighted by atomic mass is 10.1. The minimum atomic E-state index is 0. The number of benzene rings is 1. The molecule has 0 aliphatic carbocycles. The lowest BCUT2D eigenvalue weighted by Gasteiger charge is -2.32. The number of fused-ring (bicyclic) bond motifs is 1. The molecule has 192 valence electrons. The van der Waals surface area contributed by atoms with Gasteiger partial charge >= 0.3 is 0 Å². The molecule has 12 heteroatoms. The van der Waals surface area contributed by atoms with Crippen LogP contribution in [-0.4, -0.2) is 56.8 Å². The van der Waals surface area contributed by atoms with Gasteiger partial charge in [0.1, 0.15) is 11.4 Å². The Kier molecular flexibility index (Phi) is 14.1. The number of hydrogen-bond donors (Lipinski definition) is 3. The van der Waals surface area contributed by atoms with Crippen molar-refractivity contribution in [3.8, 4) is 5.75 Å². The Balaban J connectivity index is 0.00000272. The second-order valence-electron chi connectivity index (χ2n) is 8.08. The van der Waals surface area contributed by atoms with Gasteiger partial charge < -0.3 is 25.6 Å². The molecule has 1 fully saturated rings. The van der Waals surface area contributed by atoms with E-state index >= 15 is 0 Å². The monoisotopic (exact) mass is 616 g/mol. The molecule has 1 aliphatic rings. The SMILES string of the molecule is Cc1ccc(O)c(Cn2c(NC3CCN(CCN)CC3)nc3c(C)cc(Br)cc32)n1.Cl.Cl.Cl.Cl. The molecule has 3 aromatic rings. The maximum absolute atomic E-state index is 10.4. The number of aryl methyl sites for hydroxylation is 2. The molecule has 0 spiro atoms. The minimum Gasteiger partial charge on any atom is -0.506 e. The van der Waals surface area contributed by atoms with E-state index in [1.807, 2.05) is 13.0 Å². The van der Waals surface area contributed by atoms with Crippen LogP contribution in [0.2, 0.25) is 0 Å². The van der Waals surface area contributed by atoms with E-state index in [0.29, 0.717) is 24.8 Å². The van der Waals surface area contributed by atoms with Crippen LogP contribution in [-0.2, 0) is 6.54 Å². The highest BCUT2D eigenvalue weighted by Gasteiger charge is 2.22. The summed E-state index contributed by atoms with van der Waals surface area (Å²) in [5.41, 5.74) is 10.3. The van der Waals surface area contributed by atoms with Crippen LogP contribution in [0.15, 0.2) is 28.7 Å². The third kappa shape index (κ3) is 7.50. The third-order valence-corrected chi connectivity index (χ3v) is 6.23. The molecular formula is C22H33BrCl4N6O. The summed E-state index contributed by atoms with van der Waals surface area (Å²) in [6.07, 6.45) is 2.11. The number of rotatable bonds is 6. The van der Waals surface area contributed by atoms with Crippen LogP contribution in [0.5, 0.6) is 5.75 Å². The van der Waals surface area contributed by atoms with E-state index in [1.165, 1.54) is 0 Å².